The first-order valence-corrected chi connectivity index (χ1v) is 9.84. The van der Waals surface area contributed by atoms with Gasteiger partial charge in [-0.2, -0.15) is 0 Å². The topological polar surface area (TPSA) is 46.9 Å². The van der Waals surface area contributed by atoms with Crippen LogP contribution in [-0.4, -0.2) is 51.6 Å². The molecule has 0 bridgehead atoms. The van der Waals surface area contributed by atoms with Gasteiger partial charge < -0.3 is 10.2 Å². The van der Waals surface area contributed by atoms with E-state index < -0.39 is 5.91 Å². The highest BCUT2D eigenvalue weighted by molar-refractivity contribution is 6.30. The normalized spacial score (nSPS) is 27.5. The second-order valence-electron chi connectivity index (χ2n) is 8.54. The van der Waals surface area contributed by atoms with Crippen molar-refractivity contribution in [3.63, 3.8) is 0 Å². The molecule has 0 radical (unpaired) electrons. The Labute approximate surface area is 166 Å². The van der Waals surface area contributed by atoms with Gasteiger partial charge in [0.2, 0.25) is 5.91 Å². The molecule has 1 aliphatic carbocycles. The van der Waals surface area contributed by atoms with Crippen LogP contribution in [-0.2, 0) is 0 Å². The van der Waals surface area contributed by atoms with Crippen LogP contribution in [0.4, 0.5) is 0 Å². The van der Waals surface area contributed by atoms with Crippen molar-refractivity contribution in [2.24, 2.45) is 0 Å². The minimum absolute atomic E-state index is 0.107. The number of nitrogens with zero attached hydrogens (tertiary/aromatic N) is 2. The zero-order chi connectivity index (χ0) is 19.4. The van der Waals surface area contributed by atoms with Crippen LogP contribution < -0.4 is 0 Å². The van der Waals surface area contributed by atoms with Crippen molar-refractivity contribution < 1.29 is 10.2 Å². The summed E-state index contributed by atoms with van der Waals surface area (Å²) in [4.78, 5) is 3.86. The molecule has 2 aliphatic rings. The van der Waals surface area contributed by atoms with E-state index in [1.807, 2.05) is 32.0 Å². The van der Waals surface area contributed by atoms with Crippen LogP contribution in [0.3, 0.4) is 0 Å². The molecule has 27 heavy (non-hydrogen) atoms. The molecule has 1 aliphatic heterocycles. The zero-order valence-electron chi connectivity index (χ0n) is 16.1. The van der Waals surface area contributed by atoms with Gasteiger partial charge in [-0.25, -0.2) is 4.90 Å². The fraction of sp³-hybridized carbons (Fsp3) is 0.455. The van der Waals surface area contributed by atoms with Crippen LogP contribution in [0, 0.1) is 0 Å². The van der Waals surface area contributed by atoms with Gasteiger partial charge in [0.05, 0.1) is 6.54 Å². The van der Waals surface area contributed by atoms with Crippen LogP contribution in [0.25, 0.3) is 0 Å². The van der Waals surface area contributed by atoms with Crippen LogP contribution in [0.15, 0.2) is 48.5 Å². The molecule has 144 valence electrons. The van der Waals surface area contributed by atoms with Crippen LogP contribution in [0.1, 0.15) is 48.9 Å². The van der Waals surface area contributed by atoms with Crippen molar-refractivity contribution >= 4 is 11.6 Å². The second kappa shape index (κ2) is 6.57. The zero-order valence-corrected chi connectivity index (χ0v) is 16.8. The van der Waals surface area contributed by atoms with Crippen molar-refractivity contribution in [2.75, 3.05) is 20.1 Å². The highest BCUT2D eigenvalue weighted by atomic mass is 35.5. The van der Waals surface area contributed by atoms with Gasteiger partial charge in [-0.05, 0) is 56.1 Å². The number of piperazine rings is 1. The van der Waals surface area contributed by atoms with E-state index in [0.717, 1.165) is 18.0 Å². The molecule has 0 unspecified atom stereocenters. The number of halogens is 1. The maximum Gasteiger partial charge on any atom is 0.238 e. The van der Waals surface area contributed by atoms with Gasteiger partial charge in [0, 0.05) is 29.1 Å². The first-order valence-electron chi connectivity index (χ1n) is 9.46. The summed E-state index contributed by atoms with van der Waals surface area (Å²) < 4.78 is 0. The van der Waals surface area contributed by atoms with Crippen molar-refractivity contribution in [1.82, 2.24) is 9.80 Å². The lowest BCUT2D eigenvalue weighted by Crippen LogP contribution is -2.69. The third-order valence-corrected chi connectivity index (χ3v) is 6.57. The third kappa shape index (κ3) is 3.30. The van der Waals surface area contributed by atoms with E-state index in [0.29, 0.717) is 0 Å². The Hall–Kier alpha value is -1.43. The van der Waals surface area contributed by atoms with Gasteiger partial charge in [-0.1, -0.05) is 48.0 Å². The Morgan fingerprint density at radius 1 is 1.00 bits per heavy atom. The van der Waals surface area contributed by atoms with E-state index >= 15 is 0 Å². The Kier molecular flexibility index (Phi) is 4.60. The standard InChI is InChI=1S/C22H27ClN2O2/c1-21(2)13-25(14-22(26,27)24(21)3)20-12-18(15-7-5-4-6-8-15)17-10-9-16(23)11-19(17)20/h4-11,18,20,26-27H,12-14H2,1-3H3/t18-,20+/m0/s1. The average Bonchev–Trinajstić information content (AvgIpc) is 2.98. The van der Waals surface area contributed by atoms with Crippen LogP contribution >= 0.6 is 11.6 Å². The summed E-state index contributed by atoms with van der Waals surface area (Å²) in [5.74, 6) is -1.57. The van der Waals surface area contributed by atoms with Crippen molar-refractivity contribution in [1.29, 1.82) is 0 Å². The molecule has 2 aromatic carbocycles. The predicted molar refractivity (Wildman–Crippen MR) is 108 cm³/mol. The second-order valence-corrected chi connectivity index (χ2v) is 8.98. The first-order chi connectivity index (χ1) is 12.7. The number of β-amino-alcohol motifs (C(OH)–C–C–N with tert-alkyl or cyclic N) is 2. The van der Waals surface area contributed by atoms with Gasteiger partial charge >= 0.3 is 0 Å². The fourth-order valence-corrected chi connectivity index (χ4v) is 4.90. The number of fused-ring (bicyclic) bond motifs is 1. The van der Waals surface area contributed by atoms with E-state index in [4.69, 9.17) is 11.6 Å². The van der Waals surface area contributed by atoms with E-state index in [9.17, 15) is 10.2 Å². The quantitative estimate of drug-likeness (QED) is 0.774. The monoisotopic (exact) mass is 386 g/mol. The minimum atomic E-state index is -1.86. The molecule has 1 heterocycles. The summed E-state index contributed by atoms with van der Waals surface area (Å²) >= 11 is 6.33. The largest absolute Gasteiger partial charge is 0.352 e. The molecule has 0 saturated carbocycles. The van der Waals surface area contributed by atoms with Crippen molar-refractivity contribution in [2.45, 2.75) is 43.7 Å². The Balaban J connectivity index is 1.73. The number of likely N-dealkylation sites (N-methyl/N-ethyl adjacent to an activating group) is 1. The summed E-state index contributed by atoms with van der Waals surface area (Å²) in [6.45, 7) is 5.03. The maximum atomic E-state index is 10.6. The van der Waals surface area contributed by atoms with Crippen LogP contribution in [0.5, 0.6) is 0 Å². The maximum absolute atomic E-state index is 10.6. The van der Waals surface area contributed by atoms with Gasteiger partial charge in [-0.15, -0.1) is 0 Å². The lowest BCUT2D eigenvalue weighted by Gasteiger charge is -2.53. The molecule has 0 aromatic heterocycles. The summed E-state index contributed by atoms with van der Waals surface area (Å²) in [6, 6.07) is 16.8. The molecular formula is C22H27ClN2O2. The molecule has 0 spiro atoms. The van der Waals surface area contributed by atoms with Crippen LogP contribution in [0.2, 0.25) is 5.02 Å². The van der Waals surface area contributed by atoms with Gasteiger partial charge in [0.25, 0.3) is 0 Å². The molecule has 0 amide bonds. The smallest absolute Gasteiger partial charge is 0.238 e. The summed E-state index contributed by atoms with van der Waals surface area (Å²) in [5.41, 5.74) is 3.42. The Bertz CT molecular complexity index is 819. The highest BCUT2D eigenvalue weighted by Crippen LogP contribution is 2.49. The summed E-state index contributed by atoms with van der Waals surface area (Å²) in [6.07, 6.45) is 0.912. The van der Waals surface area contributed by atoms with E-state index in [2.05, 4.69) is 35.2 Å². The average molecular weight is 387 g/mol. The molecule has 4 nitrogen and oxygen atoms in total. The lowest BCUT2D eigenvalue weighted by atomic mass is 9.92. The van der Waals surface area contributed by atoms with E-state index in [-0.39, 0.29) is 24.0 Å². The number of aliphatic hydroxyl groups is 2. The molecule has 4 rings (SSSR count). The number of rotatable bonds is 2. The predicted octanol–water partition coefficient (Wildman–Crippen LogP) is 3.58. The Morgan fingerprint density at radius 3 is 2.37 bits per heavy atom. The molecule has 5 heteroatoms. The highest BCUT2D eigenvalue weighted by Gasteiger charge is 2.49. The molecule has 2 atom stereocenters. The number of hydrogen-bond donors (Lipinski definition) is 2. The molecule has 1 fully saturated rings. The minimum Gasteiger partial charge on any atom is -0.352 e. The van der Waals surface area contributed by atoms with Crippen molar-refractivity contribution in [3.05, 3.63) is 70.2 Å². The SMILES string of the molecule is CN1C(C)(C)CN([C@@H]2C[C@@H](c3ccccc3)c3ccc(Cl)cc32)CC1(O)O. The molecule has 2 N–H and O–H groups in total. The molecular weight excluding hydrogens is 360 g/mol. The van der Waals surface area contributed by atoms with Gasteiger partial charge in [-0.3, -0.25) is 4.90 Å². The molecule has 2 aromatic rings. The van der Waals surface area contributed by atoms with Gasteiger partial charge in [0.1, 0.15) is 0 Å². The first kappa shape index (κ1) is 18.9. The summed E-state index contributed by atoms with van der Waals surface area (Å²) in [5, 5.41) is 21.9. The Morgan fingerprint density at radius 2 is 1.70 bits per heavy atom. The third-order valence-electron chi connectivity index (χ3n) is 6.34. The number of hydrogen-bond acceptors (Lipinski definition) is 4. The molecule has 1 saturated heterocycles. The van der Waals surface area contributed by atoms with E-state index in [1.54, 1.807) is 11.9 Å². The lowest BCUT2D eigenvalue weighted by molar-refractivity contribution is -0.312. The summed E-state index contributed by atoms with van der Waals surface area (Å²) in [7, 11) is 1.77. The van der Waals surface area contributed by atoms with E-state index in [1.165, 1.54) is 16.7 Å². The number of benzene rings is 2. The fourth-order valence-electron chi connectivity index (χ4n) is 4.72. The van der Waals surface area contributed by atoms with Crippen molar-refractivity contribution in [3.8, 4) is 0 Å². The van der Waals surface area contributed by atoms with Gasteiger partial charge in [0.15, 0.2) is 0 Å².